The van der Waals surface area contributed by atoms with Crippen LogP contribution in [0.2, 0.25) is 0 Å². The van der Waals surface area contributed by atoms with Crippen LogP contribution in [-0.4, -0.2) is 28.3 Å². The van der Waals surface area contributed by atoms with Crippen LogP contribution in [0.25, 0.3) is 0 Å². The van der Waals surface area contributed by atoms with Gasteiger partial charge in [-0.1, -0.05) is 36.4 Å². The minimum atomic E-state index is -0.587. The minimum absolute atomic E-state index is 0.0443. The van der Waals surface area contributed by atoms with E-state index in [9.17, 15) is 10.2 Å². The largest absolute Gasteiger partial charge is 0.395 e. The summed E-state index contributed by atoms with van der Waals surface area (Å²) in [7, 11) is 0. The molecule has 0 saturated carbocycles. The second-order valence-corrected chi connectivity index (χ2v) is 4.72. The Hall–Kier alpha value is -1.91. The van der Waals surface area contributed by atoms with E-state index >= 15 is 0 Å². The topological polar surface area (TPSA) is 56.6 Å². The van der Waals surface area contributed by atoms with Crippen LogP contribution >= 0.6 is 0 Å². The molecule has 2 rings (SSSR count). The lowest BCUT2D eigenvalue weighted by atomic mass is 10.1. The van der Waals surface area contributed by atoms with E-state index in [-0.39, 0.29) is 6.61 Å². The molecule has 4 nitrogen and oxygen atoms in total. The highest BCUT2D eigenvalue weighted by molar-refractivity contribution is 5.48. The molecular formula is C16H20N2O2. The first-order valence-corrected chi connectivity index (χ1v) is 6.75. The van der Waals surface area contributed by atoms with E-state index < -0.39 is 6.10 Å². The summed E-state index contributed by atoms with van der Waals surface area (Å²) < 4.78 is 0. The Morgan fingerprint density at radius 1 is 1.15 bits per heavy atom. The molecule has 2 aromatic rings. The molecule has 2 N–H and O–H groups in total. The molecule has 0 aliphatic rings. The van der Waals surface area contributed by atoms with Crippen molar-refractivity contribution >= 4 is 5.82 Å². The van der Waals surface area contributed by atoms with Crippen molar-refractivity contribution in [1.29, 1.82) is 0 Å². The Labute approximate surface area is 119 Å². The fraction of sp³-hybridized carbons (Fsp3) is 0.312. The maximum Gasteiger partial charge on any atom is 0.134 e. The van der Waals surface area contributed by atoms with Crippen molar-refractivity contribution in [2.45, 2.75) is 19.6 Å². The molecule has 1 atom stereocenters. The molecule has 106 valence electrons. The molecule has 0 fully saturated rings. The van der Waals surface area contributed by atoms with E-state index in [2.05, 4.69) is 4.98 Å². The van der Waals surface area contributed by atoms with Gasteiger partial charge in [-0.15, -0.1) is 0 Å². The lowest BCUT2D eigenvalue weighted by Gasteiger charge is -2.26. The summed E-state index contributed by atoms with van der Waals surface area (Å²) in [6, 6.07) is 13.7. The third kappa shape index (κ3) is 3.56. The molecule has 1 aromatic heterocycles. The summed E-state index contributed by atoms with van der Waals surface area (Å²) in [6.45, 7) is 2.90. The zero-order valence-electron chi connectivity index (χ0n) is 11.6. The van der Waals surface area contributed by atoms with Crippen LogP contribution in [0.1, 0.15) is 24.2 Å². The highest BCUT2D eigenvalue weighted by Gasteiger charge is 2.15. The first-order valence-electron chi connectivity index (χ1n) is 6.75. The van der Waals surface area contributed by atoms with Crippen molar-refractivity contribution in [2.75, 3.05) is 18.1 Å². The molecule has 0 aliphatic carbocycles. The number of aromatic nitrogens is 1. The molecule has 4 heteroatoms. The lowest BCUT2D eigenvalue weighted by molar-refractivity contribution is 0.199. The van der Waals surface area contributed by atoms with Crippen molar-refractivity contribution in [3.63, 3.8) is 0 Å². The van der Waals surface area contributed by atoms with Gasteiger partial charge in [0.05, 0.1) is 12.7 Å². The number of aliphatic hydroxyl groups is 2. The summed E-state index contributed by atoms with van der Waals surface area (Å²) in [5, 5.41) is 19.1. The van der Waals surface area contributed by atoms with E-state index in [1.54, 1.807) is 13.1 Å². The van der Waals surface area contributed by atoms with Gasteiger partial charge in [-0.25, -0.2) is 4.98 Å². The average molecular weight is 272 g/mol. The molecule has 1 heterocycles. The number of rotatable bonds is 6. The van der Waals surface area contributed by atoms with Gasteiger partial charge in [0.25, 0.3) is 0 Å². The average Bonchev–Trinajstić information content (AvgIpc) is 2.48. The lowest BCUT2D eigenvalue weighted by Crippen LogP contribution is -2.28. The molecular weight excluding hydrogens is 252 g/mol. The highest BCUT2D eigenvalue weighted by atomic mass is 16.3. The Bertz CT molecular complexity index is 529. The second-order valence-electron chi connectivity index (χ2n) is 4.72. The molecule has 0 aliphatic heterocycles. The normalized spacial score (nSPS) is 12.2. The summed E-state index contributed by atoms with van der Waals surface area (Å²) in [4.78, 5) is 6.35. The maximum absolute atomic E-state index is 9.86. The van der Waals surface area contributed by atoms with Crippen LogP contribution in [0.5, 0.6) is 0 Å². The van der Waals surface area contributed by atoms with Gasteiger partial charge >= 0.3 is 0 Å². The van der Waals surface area contributed by atoms with Gasteiger partial charge in [0.1, 0.15) is 5.82 Å². The standard InChI is InChI=1S/C16H20N2O2/c1-13(20)15-8-5-9-17-16(15)18(10-11-19)12-14-6-3-2-4-7-14/h2-9,13,19-20H,10-12H2,1H3/t13-/m0/s1. The first kappa shape index (κ1) is 14.5. The molecule has 0 saturated heterocycles. The van der Waals surface area contributed by atoms with Crippen molar-refractivity contribution in [1.82, 2.24) is 4.98 Å². The third-order valence-corrected chi connectivity index (χ3v) is 3.15. The number of benzene rings is 1. The summed E-state index contributed by atoms with van der Waals surface area (Å²) in [6.07, 6.45) is 1.12. The molecule has 0 spiro atoms. The van der Waals surface area contributed by atoms with Crippen molar-refractivity contribution in [3.8, 4) is 0 Å². The fourth-order valence-electron chi connectivity index (χ4n) is 2.18. The monoisotopic (exact) mass is 272 g/mol. The van der Waals surface area contributed by atoms with Gasteiger partial charge in [-0.2, -0.15) is 0 Å². The maximum atomic E-state index is 9.86. The van der Waals surface area contributed by atoms with Crippen LogP contribution in [0.3, 0.4) is 0 Å². The predicted octanol–water partition coefficient (Wildman–Crippen LogP) is 2.13. The van der Waals surface area contributed by atoms with Gasteiger partial charge < -0.3 is 15.1 Å². The van der Waals surface area contributed by atoms with E-state index in [1.807, 2.05) is 47.4 Å². The van der Waals surface area contributed by atoms with Gasteiger partial charge in [-0.3, -0.25) is 0 Å². The zero-order chi connectivity index (χ0) is 14.4. The SMILES string of the molecule is C[C@H](O)c1cccnc1N(CCO)Cc1ccccc1. The molecule has 0 amide bonds. The van der Waals surface area contributed by atoms with Crippen molar-refractivity contribution < 1.29 is 10.2 Å². The Balaban J connectivity index is 2.29. The van der Waals surface area contributed by atoms with E-state index in [0.29, 0.717) is 13.1 Å². The summed E-state index contributed by atoms with van der Waals surface area (Å²) >= 11 is 0. The Morgan fingerprint density at radius 2 is 1.90 bits per heavy atom. The van der Waals surface area contributed by atoms with Crippen LogP contribution < -0.4 is 4.90 Å². The minimum Gasteiger partial charge on any atom is -0.395 e. The zero-order valence-corrected chi connectivity index (χ0v) is 11.6. The third-order valence-electron chi connectivity index (χ3n) is 3.15. The number of pyridine rings is 1. The number of nitrogens with zero attached hydrogens (tertiary/aromatic N) is 2. The Morgan fingerprint density at radius 3 is 2.55 bits per heavy atom. The quantitative estimate of drug-likeness (QED) is 0.846. The number of aliphatic hydroxyl groups excluding tert-OH is 2. The predicted molar refractivity (Wildman–Crippen MR) is 79.4 cm³/mol. The van der Waals surface area contributed by atoms with Crippen molar-refractivity contribution in [3.05, 3.63) is 59.8 Å². The number of anilines is 1. The van der Waals surface area contributed by atoms with Crippen molar-refractivity contribution in [2.24, 2.45) is 0 Å². The molecule has 1 aromatic carbocycles. The number of hydrogen-bond acceptors (Lipinski definition) is 4. The summed E-state index contributed by atoms with van der Waals surface area (Å²) in [5.41, 5.74) is 1.92. The van der Waals surface area contributed by atoms with E-state index in [1.165, 1.54) is 0 Å². The van der Waals surface area contributed by atoms with E-state index in [0.717, 1.165) is 16.9 Å². The molecule has 0 unspecified atom stereocenters. The summed E-state index contributed by atoms with van der Waals surface area (Å²) in [5.74, 6) is 0.723. The molecule has 0 radical (unpaired) electrons. The van der Waals surface area contributed by atoms with Crippen LogP contribution in [-0.2, 0) is 6.54 Å². The van der Waals surface area contributed by atoms with Gasteiger partial charge in [0, 0.05) is 24.8 Å². The smallest absolute Gasteiger partial charge is 0.134 e. The van der Waals surface area contributed by atoms with Gasteiger partial charge in [0.15, 0.2) is 0 Å². The first-order chi connectivity index (χ1) is 9.72. The highest BCUT2D eigenvalue weighted by Crippen LogP contribution is 2.24. The van der Waals surface area contributed by atoms with E-state index in [4.69, 9.17) is 0 Å². The fourth-order valence-corrected chi connectivity index (χ4v) is 2.18. The molecule has 20 heavy (non-hydrogen) atoms. The number of hydrogen-bond donors (Lipinski definition) is 2. The molecule has 0 bridgehead atoms. The van der Waals surface area contributed by atoms with Crippen LogP contribution in [0, 0.1) is 0 Å². The second kappa shape index (κ2) is 7.03. The Kier molecular flexibility index (Phi) is 5.09. The van der Waals surface area contributed by atoms with Crippen LogP contribution in [0.15, 0.2) is 48.7 Å². The van der Waals surface area contributed by atoms with Gasteiger partial charge in [0.2, 0.25) is 0 Å². The van der Waals surface area contributed by atoms with Gasteiger partial charge in [-0.05, 0) is 18.6 Å². The van der Waals surface area contributed by atoms with Crippen LogP contribution in [0.4, 0.5) is 5.82 Å².